The lowest BCUT2D eigenvalue weighted by Gasteiger charge is -1.98. The Balaban J connectivity index is 1.79. The molecule has 3 nitrogen and oxygen atoms in total. The van der Waals surface area contributed by atoms with E-state index >= 15 is 0 Å². The Bertz CT molecular complexity index is 346. The van der Waals surface area contributed by atoms with E-state index in [4.69, 9.17) is 0 Å². The third-order valence-corrected chi connectivity index (χ3v) is 4.38. The maximum Gasteiger partial charge on any atom is 0.121 e. The molecule has 1 aromatic heterocycles. The van der Waals surface area contributed by atoms with Crippen molar-refractivity contribution in [2.45, 2.75) is 46.0 Å². The number of nitrogens with one attached hydrogen (secondary N) is 1. The molecule has 0 amide bonds. The smallest absolute Gasteiger partial charge is 0.121 e. The molecule has 1 unspecified atom stereocenters. The first-order valence-electron chi connectivity index (χ1n) is 6.16. The first-order valence-corrected chi connectivity index (χ1v) is 6.98. The summed E-state index contributed by atoms with van der Waals surface area (Å²) in [4.78, 5) is 0. The highest BCUT2D eigenvalue weighted by molar-refractivity contribution is 7.11. The Morgan fingerprint density at radius 2 is 2.19 bits per heavy atom. The second kappa shape index (κ2) is 4.80. The number of hydrogen-bond donors (Lipinski definition) is 1. The van der Waals surface area contributed by atoms with Gasteiger partial charge in [0.1, 0.15) is 10.0 Å². The lowest BCUT2D eigenvalue weighted by molar-refractivity contribution is 0.618. The molecule has 1 atom stereocenters. The van der Waals surface area contributed by atoms with E-state index < -0.39 is 0 Å². The van der Waals surface area contributed by atoms with Gasteiger partial charge in [0.25, 0.3) is 0 Å². The van der Waals surface area contributed by atoms with Gasteiger partial charge in [-0.05, 0) is 31.3 Å². The zero-order valence-electron chi connectivity index (χ0n) is 10.4. The molecule has 0 saturated heterocycles. The van der Waals surface area contributed by atoms with Crippen LogP contribution in [-0.2, 0) is 6.42 Å². The first kappa shape index (κ1) is 12.0. The minimum Gasteiger partial charge on any atom is -0.317 e. The van der Waals surface area contributed by atoms with Gasteiger partial charge >= 0.3 is 0 Å². The average Bonchev–Trinajstić information content (AvgIpc) is 2.70. The quantitative estimate of drug-likeness (QED) is 0.775. The Labute approximate surface area is 102 Å². The van der Waals surface area contributed by atoms with E-state index in [1.54, 1.807) is 0 Å². The molecule has 90 valence electrons. The summed E-state index contributed by atoms with van der Waals surface area (Å²) in [6.07, 6.45) is 3.51. The van der Waals surface area contributed by atoms with E-state index in [2.05, 4.69) is 36.3 Å². The van der Waals surface area contributed by atoms with Crippen molar-refractivity contribution in [3.8, 4) is 0 Å². The number of nitrogens with zero attached hydrogens (tertiary/aromatic N) is 2. The van der Waals surface area contributed by atoms with E-state index in [9.17, 15) is 0 Å². The van der Waals surface area contributed by atoms with Gasteiger partial charge in [-0.2, -0.15) is 0 Å². The summed E-state index contributed by atoms with van der Waals surface area (Å²) >= 11 is 1.81. The van der Waals surface area contributed by atoms with Crippen molar-refractivity contribution in [1.29, 1.82) is 0 Å². The van der Waals surface area contributed by atoms with Crippen molar-refractivity contribution in [2.75, 3.05) is 13.1 Å². The number of aryl methyl sites for hydroxylation is 1. The minimum atomic E-state index is 0.473. The van der Waals surface area contributed by atoms with Crippen LogP contribution in [-0.4, -0.2) is 23.3 Å². The maximum atomic E-state index is 4.32. The molecule has 1 aromatic rings. The summed E-state index contributed by atoms with van der Waals surface area (Å²) in [6.45, 7) is 8.89. The summed E-state index contributed by atoms with van der Waals surface area (Å²) in [5, 5.41) is 14.4. The van der Waals surface area contributed by atoms with E-state index in [-0.39, 0.29) is 0 Å². The van der Waals surface area contributed by atoms with Crippen LogP contribution in [0.1, 0.15) is 49.5 Å². The molecule has 4 heteroatoms. The molecule has 0 aliphatic heterocycles. The van der Waals surface area contributed by atoms with E-state index in [0.29, 0.717) is 11.3 Å². The standard InChI is InChI=1S/C12H21N3S/c1-4-13-7-5-6-10-14-15-11(16-10)9-8-12(9,2)3/h9,13H,4-8H2,1-3H3. The van der Waals surface area contributed by atoms with Gasteiger partial charge in [-0.3, -0.25) is 0 Å². The predicted molar refractivity (Wildman–Crippen MR) is 67.9 cm³/mol. The Morgan fingerprint density at radius 1 is 1.44 bits per heavy atom. The van der Waals surface area contributed by atoms with Crippen LogP contribution in [0, 0.1) is 5.41 Å². The molecule has 0 bridgehead atoms. The fourth-order valence-corrected chi connectivity index (χ4v) is 3.13. The maximum absolute atomic E-state index is 4.32. The van der Waals surface area contributed by atoms with E-state index in [0.717, 1.165) is 25.9 Å². The van der Waals surface area contributed by atoms with Crippen LogP contribution in [0.3, 0.4) is 0 Å². The van der Waals surface area contributed by atoms with Gasteiger partial charge in [0.05, 0.1) is 0 Å². The van der Waals surface area contributed by atoms with Gasteiger partial charge in [0.2, 0.25) is 0 Å². The molecule has 1 saturated carbocycles. The molecule has 0 radical (unpaired) electrons. The molecule has 1 heterocycles. The van der Waals surface area contributed by atoms with Gasteiger partial charge in [-0.1, -0.05) is 20.8 Å². The lowest BCUT2D eigenvalue weighted by atomic mass is 10.1. The summed E-state index contributed by atoms with van der Waals surface area (Å²) in [5.74, 6) is 0.674. The summed E-state index contributed by atoms with van der Waals surface area (Å²) in [5.41, 5.74) is 0.473. The van der Waals surface area contributed by atoms with Gasteiger partial charge in [-0.25, -0.2) is 0 Å². The minimum absolute atomic E-state index is 0.473. The number of hydrogen-bond acceptors (Lipinski definition) is 4. The predicted octanol–water partition coefficient (Wildman–Crippen LogP) is 2.59. The highest BCUT2D eigenvalue weighted by atomic mass is 32.1. The largest absolute Gasteiger partial charge is 0.317 e. The highest BCUT2D eigenvalue weighted by Gasteiger charge is 2.48. The molecule has 1 aliphatic carbocycles. The second-order valence-corrected chi connectivity index (χ2v) is 6.33. The van der Waals surface area contributed by atoms with Crippen LogP contribution in [0.4, 0.5) is 0 Å². The zero-order chi connectivity index (χ0) is 11.6. The van der Waals surface area contributed by atoms with Crippen molar-refractivity contribution in [3.63, 3.8) is 0 Å². The van der Waals surface area contributed by atoms with Crippen molar-refractivity contribution in [2.24, 2.45) is 5.41 Å². The molecule has 0 spiro atoms. The topological polar surface area (TPSA) is 37.8 Å². The summed E-state index contributed by atoms with van der Waals surface area (Å²) < 4.78 is 0. The first-order chi connectivity index (χ1) is 7.63. The monoisotopic (exact) mass is 239 g/mol. The number of rotatable bonds is 6. The van der Waals surface area contributed by atoms with Crippen LogP contribution in [0.2, 0.25) is 0 Å². The zero-order valence-corrected chi connectivity index (χ0v) is 11.2. The normalized spacial score (nSPS) is 22.3. The van der Waals surface area contributed by atoms with Crippen molar-refractivity contribution in [1.82, 2.24) is 15.5 Å². The van der Waals surface area contributed by atoms with Crippen molar-refractivity contribution >= 4 is 11.3 Å². The van der Waals surface area contributed by atoms with Gasteiger partial charge in [-0.15, -0.1) is 21.5 Å². The van der Waals surface area contributed by atoms with Crippen molar-refractivity contribution in [3.05, 3.63) is 10.0 Å². The van der Waals surface area contributed by atoms with Crippen LogP contribution in [0.5, 0.6) is 0 Å². The summed E-state index contributed by atoms with van der Waals surface area (Å²) in [7, 11) is 0. The van der Waals surface area contributed by atoms with Crippen LogP contribution >= 0.6 is 11.3 Å². The third kappa shape index (κ3) is 2.80. The SMILES string of the molecule is CCNCCCc1nnc(C2CC2(C)C)s1. The Kier molecular flexibility index (Phi) is 3.60. The van der Waals surface area contributed by atoms with E-state index in [1.165, 1.54) is 16.4 Å². The van der Waals surface area contributed by atoms with Gasteiger partial charge < -0.3 is 5.32 Å². The average molecular weight is 239 g/mol. The molecular weight excluding hydrogens is 218 g/mol. The molecule has 0 aromatic carbocycles. The lowest BCUT2D eigenvalue weighted by Crippen LogP contribution is -2.14. The van der Waals surface area contributed by atoms with Crippen LogP contribution in [0.25, 0.3) is 0 Å². The van der Waals surface area contributed by atoms with Crippen LogP contribution in [0.15, 0.2) is 0 Å². The fraction of sp³-hybridized carbons (Fsp3) is 0.833. The molecular formula is C12H21N3S. The van der Waals surface area contributed by atoms with Crippen molar-refractivity contribution < 1.29 is 0 Å². The second-order valence-electron chi connectivity index (χ2n) is 5.24. The molecule has 1 fully saturated rings. The third-order valence-electron chi connectivity index (χ3n) is 3.29. The van der Waals surface area contributed by atoms with Crippen LogP contribution < -0.4 is 5.32 Å². The number of aromatic nitrogens is 2. The molecule has 1 aliphatic rings. The van der Waals surface area contributed by atoms with E-state index in [1.807, 2.05) is 11.3 Å². The Hall–Kier alpha value is -0.480. The summed E-state index contributed by atoms with van der Waals surface area (Å²) in [6, 6.07) is 0. The molecule has 2 rings (SSSR count). The molecule has 16 heavy (non-hydrogen) atoms. The molecule has 1 N–H and O–H groups in total. The Morgan fingerprint density at radius 3 is 2.81 bits per heavy atom. The fourth-order valence-electron chi connectivity index (χ4n) is 1.94. The highest BCUT2D eigenvalue weighted by Crippen LogP contribution is 2.58. The van der Waals surface area contributed by atoms with Gasteiger partial charge in [0, 0.05) is 12.3 Å². The van der Waals surface area contributed by atoms with Gasteiger partial charge in [0.15, 0.2) is 0 Å².